The van der Waals surface area contributed by atoms with E-state index in [0.717, 1.165) is 19.3 Å². The molecule has 5 nitrogen and oxygen atoms in total. The maximum Gasteiger partial charge on any atom is 0.243 e. The maximum atomic E-state index is 12.8. The third-order valence-corrected chi connectivity index (χ3v) is 5.70. The Kier molecular flexibility index (Phi) is 5.78. The summed E-state index contributed by atoms with van der Waals surface area (Å²) in [5.74, 6) is 0.136. The summed E-state index contributed by atoms with van der Waals surface area (Å²) < 4.78 is 0. The Morgan fingerprint density at radius 3 is 2.33 bits per heavy atom. The van der Waals surface area contributed by atoms with Crippen LogP contribution in [-0.2, 0) is 14.4 Å². The molecule has 134 valence electrons. The van der Waals surface area contributed by atoms with Gasteiger partial charge in [0.05, 0.1) is 10.8 Å². The van der Waals surface area contributed by atoms with E-state index in [9.17, 15) is 14.4 Å². The van der Waals surface area contributed by atoms with Gasteiger partial charge in [-0.25, -0.2) is 0 Å². The van der Waals surface area contributed by atoms with Crippen molar-refractivity contribution >= 4 is 29.4 Å². The molecule has 0 aliphatic carbocycles. The monoisotopic (exact) mass is 352 g/mol. The van der Waals surface area contributed by atoms with E-state index in [4.69, 9.17) is 0 Å². The SMILES string of the molecule is C[C@@H]1CCC[C@@H](C)N1C(=O)CN1C(=O)CS/C1=C/C(=O)C(C)(C)C. The van der Waals surface area contributed by atoms with E-state index in [2.05, 4.69) is 13.8 Å². The summed E-state index contributed by atoms with van der Waals surface area (Å²) in [6, 6.07) is 0.408. The van der Waals surface area contributed by atoms with Gasteiger partial charge in [-0.3, -0.25) is 19.3 Å². The summed E-state index contributed by atoms with van der Waals surface area (Å²) in [5.41, 5.74) is -0.495. The summed E-state index contributed by atoms with van der Waals surface area (Å²) in [6.45, 7) is 9.70. The zero-order chi connectivity index (χ0) is 18.1. The third kappa shape index (κ3) is 4.21. The van der Waals surface area contributed by atoms with Gasteiger partial charge in [0, 0.05) is 23.6 Å². The van der Waals surface area contributed by atoms with Crippen LogP contribution in [0.4, 0.5) is 0 Å². The fourth-order valence-electron chi connectivity index (χ4n) is 3.16. The molecule has 0 aromatic heterocycles. The zero-order valence-corrected chi connectivity index (χ0v) is 16.1. The Morgan fingerprint density at radius 1 is 1.21 bits per heavy atom. The van der Waals surface area contributed by atoms with Crippen LogP contribution in [0.1, 0.15) is 53.9 Å². The van der Waals surface area contributed by atoms with Gasteiger partial charge < -0.3 is 4.90 Å². The quantitative estimate of drug-likeness (QED) is 0.733. The van der Waals surface area contributed by atoms with Gasteiger partial charge in [-0.1, -0.05) is 32.5 Å². The second-order valence-corrected chi connectivity index (χ2v) is 8.79. The van der Waals surface area contributed by atoms with E-state index in [-0.39, 0.29) is 36.2 Å². The Morgan fingerprint density at radius 2 is 1.79 bits per heavy atom. The maximum absolute atomic E-state index is 12.8. The van der Waals surface area contributed by atoms with E-state index in [1.165, 1.54) is 22.7 Å². The molecule has 0 aromatic carbocycles. The number of ketones is 1. The van der Waals surface area contributed by atoms with Crippen LogP contribution >= 0.6 is 11.8 Å². The normalized spacial score (nSPS) is 27.0. The lowest BCUT2D eigenvalue weighted by molar-refractivity contribution is -0.141. The Bertz CT molecular complexity index is 555. The lowest BCUT2D eigenvalue weighted by Gasteiger charge is -2.39. The molecule has 2 heterocycles. The minimum Gasteiger partial charge on any atom is -0.336 e. The van der Waals surface area contributed by atoms with Gasteiger partial charge in [0.1, 0.15) is 6.54 Å². The number of rotatable bonds is 3. The summed E-state index contributed by atoms with van der Waals surface area (Å²) in [6.07, 6.45) is 4.66. The first kappa shape index (κ1) is 19.0. The fourth-order valence-corrected chi connectivity index (χ4v) is 4.10. The van der Waals surface area contributed by atoms with Gasteiger partial charge in [0.15, 0.2) is 5.78 Å². The summed E-state index contributed by atoms with van der Waals surface area (Å²) >= 11 is 1.34. The van der Waals surface area contributed by atoms with E-state index in [1.807, 2.05) is 25.7 Å². The number of amides is 2. The Hall–Kier alpha value is -1.30. The van der Waals surface area contributed by atoms with Crippen molar-refractivity contribution in [1.82, 2.24) is 9.80 Å². The molecule has 0 saturated carbocycles. The van der Waals surface area contributed by atoms with Crippen LogP contribution in [0.5, 0.6) is 0 Å². The first-order valence-electron chi connectivity index (χ1n) is 8.61. The molecule has 2 atom stereocenters. The van der Waals surface area contributed by atoms with E-state index >= 15 is 0 Å². The molecule has 2 amide bonds. The predicted molar refractivity (Wildman–Crippen MR) is 96.3 cm³/mol. The van der Waals surface area contributed by atoms with E-state index < -0.39 is 5.41 Å². The number of thioether (sulfide) groups is 1. The fraction of sp³-hybridized carbons (Fsp3) is 0.722. The van der Waals surface area contributed by atoms with Crippen LogP contribution in [0.2, 0.25) is 0 Å². The second-order valence-electron chi connectivity index (χ2n) is 7.80. The lowest BCUT2D eigenvalue weighted by atomic mass is 9.91. The minimum absolute atomic E-state index is 0.0281. The topological polar surface area (TPSA) is 57.7 Å². The number of hydrogen-bond acceptors (Lipinski definition) is 4. The molecule has 0 aromatic rings. The largest absolute Gasteiger partial charge is 0.336 e. The standard InChI is InChI=1S/C18H28N2O3S/c1-12-7-6-8-13(2)20(12)15(22)10-19-16(23)11-24-17(19)9-14(21)18(3,4)5/h9,12-13H,6-8,10-11H2,1-5H3/b17-9+/t12-,13-/m1/s1. The van der Waals surface area contributed by atoms with Crippen molar-refractivity contribution in [1.29, 1.82) is 0 Å². The molecule has 0 spiro atoms. The molecule has 0 radical (unpaired) electrons. The molecule has 2 aliphatic rings. The predicted octanol–water partition coefficient (Wildman–Crippen LogP) is 2.81. The molecule has 2 saturated heterocycles. The van der Waals surface area contributed by atoms with Crippen LogP contribution in [0.3, 0.4) is 0 Å². The van der Waals surface area contributed by atoms with Crippen LogP contribution in [0.15, 0.2) is 11.1 Å². The summed E-state index contributed by atoms with van der Waals surface area (Å²) in [5, 5.41) is 0.602. The Balaban J connectivity index is 2.13. The first-order chi connectivity index (χ1) is 11.1. The molecule has 0 N–H and O–H groups in total. The molecule has 0 unspecified atom stereocenters. The first-order valence-corrected chi connectivity index (χ1v) is 9.60. The zero-order valence-electron chi connectivity index (χ0n) is 15.3. The number of allylic oxidation sites excluding steroid dienone is 1. The molecule has 2 aliphatic heterocycles. The van der Waals surface area contributed by atoms with Crippen molar-refractivity contribution in [2.75, 3.05) is 12.3 Å². The van der Waals surface area contributed by atoms with E-state index in [0.29, 0.717) is 10.8 Å². The van der Waals surface area contributed by atoms with Crippen molar-refractivity contribution < 1.29 is 14.4 Å². The smallest absolute Gasteiger partial charge is 0.243 e. The van der Waals surface area contributed by atoms with Crippen molar-refractivity contribution in [3.8, 4) is 0 Å². The molecular weight excluding hydrogens is 324 g/mol. The highest BCUT2D eigenvalue weighted by atomic mass is 32.2. The number of hydrogen-bond donors (Lipinski definition) is 0. The average Bonchev–Trinajstić information content (AvgIpc) is 2.79. The number of piperidine rings is 1. The van der Waals surface area contributed by atoms with Gasteiger partial charge in [-0.15, -0.1) is 0 Å². The van der Waals surface area contributed by atoms with E-state index in [1.54, 1.807) is 0 Å². The van der Waals surface area contributed by atoms with Gasteiger partial charge in [0.2, 0.25) is 11.8 Å². The Labute approximate surface area is 148 Å². The highest BCUT2D eigenvalue weighted by Gasteiger charge is 2.35. The highest BCUT2D eigenvalue weighted by molar-refractivity contribution is 8.04. The second kappa shape index (κ2) is 7.30. The van der Waals surface area contributed by atoms with Crippen LogP contribution in [0.25, 0.3) is 0 Å². The highest BCUT2D eigenvalue weighted by Crippen LogP contribution is 2.31. The number of nitrogens with zero attached hydrogens (tertiary/aromatic N) is 2. The molecule has 0 bridgehead atoms. The average molecular weight is 353 g/mol. The van der Waals surface area contributed by atoms with Crippen molar-refractivity contribution in [3.05, 3.63) is 11.1 Å². The van der Waals surface area contributed by atoms with Crippen molar-refractivity contribution in [3.63, 3.8) is 0 Å². The molecule has 24 heavy (non-hydrogen) atoms. The number of likely N-dealkylation sites (tertiary alicyclic amines) is 1. The molecule has 2 fully saturated rings. The van der Waals surface area contributed by atoms with Crippen LogP contribution < -0.4 is 0 Å². The minimum atomic E-state index is -0.495. The lowest BCUT2D eigenvalue weighted by Crippen LogP contribution is -2.51. The molecule has 2 rings (SSSR count). The van der Waals surface area contributed by atoms with Gasteiger partial charge in [-0.2, -0.15) is 0 Å². The number of carbonyl (C=O) groups is 3. The van der Waals surface area contributed by atoms with Crippen LogP contribution in [-0.4, -0.2) is 51.8 Å². The molecular formula is C18H28N2O3S. The van der Waals surface area contributed by atoms with Gasteiger partial charge >= 0.3 is 0 Å². The van der Waals surface area contributed by atoms with Crippen LogP contribution in [0, 0.1) is 5.41 Å². The molecule has 6 heteroatoms. The van der Waals surface area contributed by atoms with Crippen molar-refractivity contribution in [2.45, 2.75) is 66.0 Å². The summed E-state index contributed by atoms with van der Waals surface area (Å²) in [4.78, 5) is 40.6. The van der Waals surface area contributed by atoms with Gasteiger partial charge in [-0.05, 0) is 33.1 Å². The van der Waals surface area contributed by atoms with Gasteiger partial charge in [0.25, 0.3) is 0 Å². The summed E-state index contributed by atoms with van der Waals surface area (Å²) in [7, 11) is 0. The number of carbonyl (C=O) groups excluding carboxylic acids is 3. The third-order valence-electron chi connectivity index (χ3n) is 4.68. The van der Waals surface area contributed by atoms with Crippen molar-refractivity contribution in [2.24, 2.45) is 5.41 Å².